The summed E-state index contributed by atoms with van der Waals surface area (Å²) in [5.74, 6) is 1.51. The Hall–Kier alpha value is -3.07. The fraction of sp³-hybridized carbons (Fsp3) is 0.364. The van der Waals surface area contributed by atoms with Gasteiger partial charge in [-0.05, 0) is 37.1 Å². The van der Waals surface area contributed by atoms with E-state index in [0.29, 0.717) is 49.1 Å². The second kappa shape index (κ2) is 7.88. The summed E-state index contributed by atoms with van der Waals surface area (Å²) < 4.78 is 40.3. The van der Waals surface area contributed by atoms with Crippen LogP contribution >= 0.6 is 0 Å². The summed E-state index contributed by atoms with van der Waals surface area (Å²) in [5.41, 5.74) is 0.606. The molecular formula is C22H23N3O5S. The van der Waals surface area contributed by atoms with Crippen molar-refractivity contribution in [2.24, 2.45) is 10.3 Å². The summed E-state index contributed by atoms with van der Waals surface area (Å²) in [4.78, 5) is 15.0. The van der Waals surface area contributed by atoms with Crippen LogP contribution in [0.25, 0.3) is 0 Å². The number of likely N-dealkylation sites (tertiary alicyclic amines) is 1. The summed E-state index contributed by atoms with van der Waals surface area (Å²) in [6, 6.07) is 14.3. The molecule has 8 nitrogen and oxygen atoms in total. The topological polar surface area (TPSA) is 97.3 Å². The number of hydrogen-bond acceptors (Lipinski definition) is 6. The van der Waals surface area contributed by atoms with Gasteiger partial charge in [-0.3, -0.25) is 4.79 Å². The predicted octanol–water partition coefficient (Wildman–Crippen LogP) is 1.80. The molecule has 0 saturated carbocycles. The Morgan fingerprint density at radius 1 is 1.13 bits per heavy atom. The number of nitrogens with one attached hydrogen (secondary N) is 1. The molecule has 2 aromatic rings. The van der Waals surface area contributed by atoms with E-state index in [1.165, 1.54) is 0 Å². The van der Waals surface area contributed by atoms with Crippen molar-refractivity contribution in [2.45, 2.75) is 23.8 Å². The van der Waals surface area contributed by atoms with E-state index in [1.807, 2.05) is 29.2 Å². The molecule has 1 N–H and O–H groups in total. The monoisotopic (exact) mass is 441 g/mol. The number of carbonyl (C=O) groups is 1. The number of rotatable bonds is 3. The zero-order valence-electron chi connectivity index (χ0n) is 16.9. The molecule has 0 unspecified atom stereocenters. The maximum absolute atomic E-state index is 12.8. The van der Waals surface area contributed by atoms with E-state index in [2.05, 4.69) is 9.71 Å². The van der Waals surface area contributed by atoms with Crippen molar-refractivity contribution in [1.29, 1.82) is 0 Å². The van der Waals surface area contributed by atoms with Crippen LogP contribution in [0.1, 0.15) is 18.4 Å². The van der Waals surface area contributed by atoms with Crippen molar-refractivity contribution in [1.82, 2.24) is 10.2 Å². The van der Waals surface area contributed by atoms with E-state index in [-0.39, 0.29) is 22.8 Å². The van der Waals surface area contributed by atoms with Crippen molar-refractivity contribution in [3.05, 3.63) is 54.1 Å². The van der Waals surface area contributed by atoms with Crippen LogP contribution in [0.15, 0.2) is 57.8 Å². The molecule has 31 heavy (non-hydrogen) atoms. The number of fused-ring (bicyclic) bond motifs is 2. The van der Waals surface area contributed by atoms with E-state index in [0.717, 1.165) is 12.8 Å². The van der Waals surface area contributed by atoms with Gasteiger partial charge in [0.2, 0.25) is 5.91 Å². The molecule has 162 valence electrons. The number of nitrogens with zero attached hydrogens (tertiary/aromatic N) is 2. The average Bonchev–Trinajstić information content (AvgIpc) is 3.08. The minimum atomic E-state index is -3.68. The lowest BCUT2D eigenvalue weighted by atomic mass is 9.96. The molecular weight excluding hydrogens is 418 g/mol. The Labute approximate surface area is 180 Å². The highest BCUT2D eigenvalue weighted by molar-refractivity contribution is 7.90. The average molecular weight is 442 g/mol. The van der Waals surface area contributed by atoms with Gasteiger partial charge in [0.05, 0.1) is 12.5 Å². The van der Waals surface area contributed by atoms with Crippen molar-refractivity contribution < 1.29 is 22.7 Å². The van der Waals surface area contributed by atoms with Crippen molar-refractivity contribution in [2.75, 3.05) is 26.2 Å². The quantitative estimate of drug-likeness (QED) is 0.780. The standard InChI is InChI=1S/C22H23N3O5S/c26-22(23-12-16-14-29-18-8-2-3-9-19(18)30-16)15-6-5-11-25(13-15)21-17-7-1-4-10-20(17)31(27,28)24-21/h1-4,7-10,15-16H,5-6,11-14H2,(H,23,26)/t15-,16+/m1/s1. The van der Waals surface area contributed by atoms with Gasteiger partial charge in [-0.1, -0.05) is 24.3 Å². The van der Waals surface area contributed by atoms with Crippen LogP contribution in [0.2, 0.25) is 0 Å². The summed E-state index contributed by atoms with van der Waals surface area (Å²) in [7, 11) is -3.68. The van der Waals surface area contributed by atoms with Gasteiger partial charge in [0, 0.05) is 18.7 Å². The Balaban J connectivity index is 1.22. The number of amidine groups is 1. The molecule has 3 heterocycles. The highest BCUT2D eigenvalue weighted by atomic mass is 32.2. The Bertz CT molecular complexity index is 1150. The van der Waals surface area contributed by atoms with E-state index >= 15 is 0 Å². The van der Waals surface area contributed by atoms with Crippen LogP contribution in [0.4, 0.5) is 0 Å². The zero-order valence-corrected chi connectivity index (χ0v) is 17.7. The second-order valence-electron chi connectivity index (χ2n) is 7.91. The summed E-state index contributed by atoms with van der Waals surface area (Å²) in [6.45, 7) is 1.82. The largest absolute Gasteiger partial charge is 0.486 e. The van der Waals surface area contributed by atoms with Crippen LogP contribution in [-0.4, -0.2) is 57.4 Å². The first-order chi connectivity index (χ1) is 15.0. The smallest absolute Gasteiger partial charge is 0.285 e. The van der Waals surface area contributed by atoms with Crippen molar-refractivity contribution >= 4 is 21.8 Å². The number of benzene rings is 2. The van der Waals surface area contributed by atoms with Gasteiger partial charge in [-0.25, -0.2) is 0 Å². The lowest BCUT2D eigenvalue weighted by molar-refractivity contribution is -0.126. The molecule has 0 spiro atoms. The van der Waals surface area contributed by atoms with Crippen LogP contribution in [0.5, 0.6) is 11.5 Å². The highest BCUT2D eigenvalue weighted by Gasteiger charge is 2.35. The van der Waals surface area contributed by atoms with Crippen LogP contribution in [0.3, 0.4) is 0 Å². The third-order valence-electron chi connectivity index (χ3n) is 5.78. The molecule has 2 atom stereocenters. The predicted molar refractivity (Wildman–Crippen MR) is 114 cm³/mol. The number of hydrogen-bond donors (Lipinski definition) is 1. The lowest BCUT2D eigenvalue weighted by Gasteiger charge is -2.34. The normalized spacial score (nSPS) is 23.6. The molecule has 0 aromatic heterocycles. The molecule has 0 aliphatic carbocycles. The van der Waals surface area contributed by atoms with Gasteiger partial charge in [-0.2, -0.15) is 8.42 Å². The van der Waals surface area contributed by atoms with Crippen LogP contribution in [0, 0.1) is 5.92 Å². The third-order valence-corrected chi connectivity index (χ3v) is 7.10. The molecule has 1 amide bonds. The number of amides is 1. The van der Waals surface area contributed by atoms with Crippen molar-refractivity contribution in [3.8, 4) is 11.5 Å². The van der Waals surface area contributed by atoms with E-state index < -0.39 is 10.0 Å². The van der Waals surface area contributed by atoms with Crippen LogP contribution in [-0.2, 0) is 14.8 Å². The molecule has 1 fully saturated rings. The fourth-order valence-electron chi connectivity index (χ4n) is 4.22. The number of piperidine rings is 1. The number of sulfonamides is 1. The molecule has 3 aliphatic heterocycles. The third kappa shape index (κ3) is 3.85. The van der Waals surface area contributed by atoms with Gasteiger partial charge < -0.3 is 19.7 Å². The molecule has 5 rings (SSSR count). The molecule has 2 aromatic carbocycles. The SMILES string of the molecule is O=C(NC[C@H]1COc2ccccc2O1)[C@@H]1CCCN(C2=NS(=O)(=O)c3ccccc32)C1. The Kier molecular flexibility index (Phi) is 5.05. The maximum atomic E-state index is 12.8. The van der Waals surface area contributed by atoms with Gasteiger partial charge >= 0.3 is 0 Å². The minimum absolute atomic E-state index is 0.0677. The molecule has 9 heteroatoms. The number of ether oxygens (including phenoxy) is 2. The molecule has 0 radical (unpaired) electrons. The number of para-hydroxylation sites is 2. The number of carbonyl (C=O) groups excluding carboxylic acids is 1. The van der Waals surface area contributed by atoms with Gasteiger partial charge in [0.15, 0.2) is 17.3 Å². The van der Waals surface area contributed by atoms with E-state index in [1.54, 1.807) is 24.3 Å². The van der Waals surface area contributed by atoms with Gasteiger partial charge in [-0.15, -0.1) is 4.40 Å². The fourth-order valence-corrected chi connectivity index (χ4v) is 5.45. The maximum Gasteiger partial charge on any atom is 0.285 e. The Morgan fingerprint density at radius 3 is 2.77 bits per heavy atom. The molecule has 1 saturated heterocycles. The van der Waals surface area contributed by atoms with Gasteiger partial charge in [0.25, 0.3) is 10.0 Å². The summed E-state index contributed by atoms with van der Waals surface area (Å²) >= 11 is 0. The van der Waals surface area contributed by atoms with Crippen molar-refractivity contribution in [3.63, 3.8) is 0 Å². The van der Waals surface area contributed by atoms with Crippen LogP contribution < -0.4 is 14.8 Å². The summed E-state index contributed by atoms with van der Waals surface area (Å²) in [5, 5.41) is 2.97. The van der Waals surface area contributed by atoms with E-state index in [4.69, 9.17) is 9.47 Å². The zero-order chi connectivity index (χ0) is 21.4. The highest BCUT2D eigenvalue weighted by Crippen LogP contribution is 2.31. The first-order valence-corrected chi connectivity index (χ1v) is 11.8. The Morgan fingerprint density at radius 2 is 1.90 bits per heavy atom. The molecule has 3 aliphatic rings. The van der Waals surface area contributed by atoms with E-state index in [9.17, 15) is 13.2 Å². The minimum Gasteiger partial charge on any atom is -0.486 e. The lowest BCUT2D eigenvalue weighted by Crippen LogP contribution is -2.48. The first-order valence-electron chi connectivity index (χ1n) is 10.4. The van der Waals surface area contributed by atoms with Gasteiger partial charge in [0.1, 0.15) is 17.6 Å². The second-order valence-corrected chi connectivity index (χ2v) is 9.49. The first kappa shape index (κ1) is 19.9. The molecule has 0 bridgehead atoms. The summed E-state index contributed by atoms with van der Waals surface area (Å²) in [6.07, 6.45) is 1.28.